The van der Waals surface area contributed by atoms with Crippen molar-refractivity contribution in [2.75, 3.05) is 84.3 Å². The topological polar surface area (TPSA) is 185 Å². The highest BCUT2D eigenvalue weighted by atomic mass is 32.1. The van der Waals surface area contributed by atoms with Gasteiger partial charge in [0.15, 0.2) is 0 Å². The number of methoxy groups -OCH3 is 1. The Kier molecular flexibility index (Phi) is 16.4. The Labute approximate surface area is 441 Å². The molecule has 408 valence electrons. The van der Waals surface area contributed by atoms with Gasteiger partial charge < -0.3 is 48.5 Å². The molecule has 6 atom stereocenters. The standard InChI is InChI=1S/C54H73F2N9O9S/c1-32(66)43-12-16-64(43)53(69)59-47-49(73-29-45(55)56)50-58-42(30-75-50)34-8-11-44-38(25-34)40(27-54(3,4)31-74-52(68)41-7-6-15-65(60-41)51(47)67)48(63(44)21-24-72-37-13-22-71-23-14-37)39-26-36(28-57-46(39)33(2)70-5)62-19-17-61(18-20-62)35-9-10-35/h8,11,25-26,28,30,32-33,35,37,41,43,45,47,49,60,66H,6-7,9-10,12-24,27,29,31H2,1-5H3,(H,59,69)/t32-,33+,41+,43+,47+,49+/m1/s1. The van der Waals surface area contributed by atoms with Crippen molar-refractivity contribution < 1.29 is 52.0 Å². The Hall–Kier alpha value is -4.87. The molecule has 21 heteroatoms. The number of rotatable bonds is 14. The maximum absolute atomic E-state index is 14.8. The van der Waals surface area contributed by atoms with E-state index in [0.29, 0.717) is 70.3 Å². The number of anilines is 1. The number of cyclic esters (lactones) is 1. The van der Waals surface area contributed by atoms with E-state index in [1.807, 2.05) is 24.6 Å². The van der Waals surface area contributed by atoms with E-state index in [0.717, 1.165) is 95.0 Å². The number of aliphatic hydroxyl groups is 1. The van der Waals surface area contributed by atoms with Crippen LogP contribution in [-0.4, -0.2) is 175 Å². The molecule has 4 aromatic rings. The number of hydrogen-bond donors (Lipinski definition) is 3. The molecule has 75 heavy (non-hydrogen) atoms. The Bertz CT molecular complexity index is 2670. The third kappa shape index (κ3) is 11.9. The van der Waals surface area contributed by atoms with Crippen LogP contribution in [-0.2, 0) is 46.2 Å². The van der Waals surface area contributed by atoms with Crippen molar-refractivity contribution in [3.8, 4) is 22.5 Å². The van der Waals surface area contributed by atoms with E-state index in [-0.39, 0.29) is 30.4 Å². The van der Waals surface area contributed by atoms with Gasteiger partial charge >= 0.3 is 12.0 Å². The Balaban J connectivity index is 1.12. The summed E-state index contributed by atoms with van der Waals surface area (Å²) in [5, 5.41) is 17.4. The molecule has 0 radical (unpaired) electrons. The zero-order chi connectivity index (χ0) is 52.5. The molecule has 6 bridgehead atoms. The first kappa shape index (κ1) is 53.5. The number of hydrazine groups is 1. The van der Waals surface area contributed by atoms with Crippen LogP contribution in [0.1, 0.15) is 101 Å². The molecule has 5 aliphatic heterocycles. The van der Waals surface area contributed by atoms with Gasteiger partial charge in [-0.15, -0.1) is 11.3 Å². The van der Waals surface area contributed by atoms with Crippen molar-refractivity contribution in [1.29, 1.82) is 0 Å². The lowest BCUT2D eigenvalue weighted by molar-refractivity contribution is -0.156. The molecule has 1 aromatic carbocycles. The summed E-state index contributed by atoms with van der Waals surface area (Å²) in [6.07, 6.45) is 2.42. The number of nitrogens with one attached hydrogen (secondary N) is 2. The Morgan fingerprint density at radius 3 is 2.51 bits per heavy atom. The number of amides is 3. The predicted molar refractivity (Wildman–Crippen MR) is 278 cm³/mol. The van der Waals surface area contributed by atoms with Crippen molar-refractivity contribution in [3.05, 3.63) is 52.1 Å². The number of likely N-dealkylation sites (tertiary alicyclic amines) is 1. The fourth-order valence-electron chi connectivity index (χ4n) is 11.4. The number of benzene rings is 1. The summed E-state index contributed by atoms with van der Waals surface area (Å²) in [7, 11) is 1.69. The molecule has 3 aromatic heterocycles. The summed E-state index contributed by atoms with van der Waals surface area (Å²) in [5.41, 5.74) is 9.31. The van der Waals surface area contributed by atoms with Crippen molar-refractivity contribution in [3.63, 3.8) is 0 Å². The average molecular weight is 1060 g/mol. The summed E-state index contributed by atoms with van der Waals surface area (Å²) >= 11 is 1.14. The summed E-state index contributed by atoms with van der Waals surface area (Å²) in [6.45, 7) is 13.2. The zero-order valence-electron chi connectivity index (χ0n) is 43.8. The number of nitrogens with zero attached hydrogens (tertiary/aromatic N) is 7. The maximum Gasteiger partial charge on any atom is 0.324 e. The molecular weight excluding hydrogens is 989 g/mol. The number of urea groups is 1. The zero-order valence-corrected chi connectivity index (χ0v) is 44.6. The third-order valence-corrected chi connectivity index (χ3v) is 16.7. The van der Waals surface area contributed by atoms with Crippen LogP contribution in [0.4, 0.5) is 19.3 Å². The van der Waals surface area contributed by atoms with E-state index >= 15 is 0 Å². The lowest BCUT2D eigenvalue weighted by Gasteiger charge is -2.44. The highest BCUT2D eigenvalue weighted by molar-refractivity contribution is 7.10. The maximum atomic E-state index is 14.8. The molecule has 0 spiro atoms. The molecule has 1 aliphatic carbocycles. The van der Waals surface area contributed by atoms with Crippen LogP contribution in [0.2, 0.25) is 0 Å². The van der Waals surface area contributed by atoms with Crippen molar-refractivity contribution in [1.82, 2.24) is 40.1 Å². The fraction of sp³-hybridized carbons (Fsp3) is 0.648. The van der Waals surface area contributed by atoms with E-state index in [9.17, 15) is 28.3 Å². The first-order valence-electron chi connectivity index (χ1n) is 26.9. The molecule has 0 unspecified atom stereocenters. The second-order valence-corrected chi connectivity index (χ2v) is 22.7. The number of piperazine rings is 1. The molecule has 10 rings (SSSR count). The van der Waals surface area contributed by atoms with Crippen LogP contribution < -0.4 is 15.6 Å². The molecule has 18 nitrogen and oxygen atoms in total. The van der Waals surface area contributed by atoms with Gasteiger partial charge in [0.25, 0.3) is 12.3 Å². The first-order valence-corrected chi connectivity index (χ1v) is 27.8. The molecule has 8 heterocycles. The number of pyridine rings is 1. The van der Waals surface area contributed by atoms with Gasteiger partial charge in [-0.2, -0.15) is 0 Å². The Morgan fingerprint density at radius 1 is 1.01 bits per heavy atom. The van der Waals surface area contributed by atoms with Gasteiger partial charge in [0.2, 0.25) is 0 Å². The average Bonchev–Trinajstić information content (AvgIpc) is 4.08. The number of aliphatic hydroxyl groups excluding tert-OH is 1. The highest BCUT2D eigenvalue weighted by Gasteiger charge is 2.44. The molecular formula is C54H73F2N9O9S. The van der Waals surface area contributed by atoms with Crippen LogP contribution in [0.15, 0.2) is 35.8 Å². The predicted octanol–water partition coefficient (Wildman–Crippen LogP) is 6.49. The number of carbonyl (C=O) groups is 3. The minimum absolute atomic E-state index is 0.0411. The van der Waals surface area contributed by atoms with E-state index in [1.165, 1.54) is 22.8 Å². The van der Waals surface area contributed by atoms with Crippen LogP contribution in [0, 0.1) is 5.41 Å². The van der Waals surface area contributed by atoms with Gasteiger partial charge in [-0.1, -0.05) is 19.9 Å². The third-order valence-electron chi connectivity index (χ3n) is 15.8. The lowest BCUT2D eigenvalue weighted by Crippen LogP contribution is -2.65. The van der Waals surface area contributed by atoms with Crippen molar-refractivity contribution in [2.45, 2.75) is 141 Å². The second-order valence-electron chi connectivity index (χ2n) is 21.8. The molecule has 4 saturated heterocycles. The summed E-state index contributed by atoms with van der Waals surface area (Å²) in [4.78, 5) is 59.7. The van der Waals surface area contributed by atoms with Gasteiger partial charge in [0.05, 0.1) is 66.5 Å². The highest BCUT2D eigenvalue weighted by Crippen LogP contribution is 2.44. The van der Waals surface area contributed by atoms with Gasteiger partial charge in [-0.05, 0) is 89.0 Å². The second kappa shape index (κ2) is 23.0. The number of halogens is 2. The number of thiazole rings is 1. The van der Waals surface area contributed by atoms with E-state index < -0.39 is 66.7 Å². The van der Waals surface area contributed by atoms with Gasteiger partial charge in [0.1, 0.15) is 29.8 Å². The molecule has 1 saturated carbocycles. The molecule has 3 N–H and O–H groups in total. The lowest BCUT2D eigenvalue weighted by atomic mass is 9.84. The largest absolute Gasteiger partial charge is 0.464 e. The number of hydrogen-bond acceptors (Lipinski definition) is 15. The summed E-state index contributed by atoms with van der Waals surface area (Å²) in [5.74, 6) is -1.25. The number of esters is 1. The van der Waals surface area contributed by atoms with Crippen LogP contribution in [0.5, 0.6) is 0 Å². The number of ether oxygens (including phenoxy) is 5. The van der Waals surface area contributed by atoms with E-state index in [4.69, 9.17) is 33.7 Å². The molecule has 6 aliphatic rings. The van der Waals surface area contributed by atoms with Crippen LogP contribution in [0.25, 0.3) is 33.4 Å². The smallest absolute Gasteiger partial charge is 0.324 e. The number of fused-ring (bicyclic) bond motifs is 6. The molecule has 3 amide bonds. The number of alkyl halides is 2. The first-order chi connectivity index (χ1) is 36.2. The van der Waals surface area contributed by atoms with Gasteiger partial charge in [-0.3, -0.25) is 24.5 Å². The van der Waals surface area contributed by atoms with Crippen LogP contribution in [0.3, 0.4) is 0 Å². The van der Waals surface area contributed by atoms with E-state index in [1.54, 1.807) is 14.0 Å². The quantitative estimate of drug-likeness (QED) is 0.116. The molecule has 5 fully saturated rings. The fourth-order valence-corrected chi connectivity index (χ4v) is 12.3. The minimum atomic E-state index is -2.91. The van der Waals surface area contributed by atoms with Crippen molar-refractivity contribution >= 4 is 45.8 Å². The summed E-state index contributed by atoms with van der Waals surface area (Å²) < 4.78 is 61.2. The minimum Gasteiger partial charge on any atom is -0.464 e. The number of carbonyl (C=O) groups excluding carboxylic acids is 3. The normalized spacial score (nSPS) is 25.0. The number of aromatic nitrogens is 3. The monoisotopic (exact) mass is 1060 g/mol. The van der Waals surface area contributed by atoms with Crippen molar-refractivity contribution in [2.24, 2.45) is 5.41 Å². The SMILES string of the molecule is CO[C@@H](C)c1ncc(N2CCN(C3CC3)CC2)cc1-c1c2c3cc(ccc3n1CCOC1CCOCC1)-c1csc(n1)[C@@H](OCC(F)F)[C@H](NC(=O)N1CC[C@H]1[C@@H](C)O)C(=O)N1CCC[C@H](N1)C(=O)OCC(C)(C)C2. The summed E-state index contributed by atoms with van der Waals surface area (Å²) in [6, 6.07) is 5.46. The van der Waals surface area contributed by atoms with Gasteiger partial charge in [-0.25, -0.2) is 24.0 Å². The Morgan fingerprint density at radius 2 is 1.80 bits per heavy atom. The van der Waals surface area contributed by atoms with Crippen LogP contribution >= 0.6 is 11.3 Å². The van der Waals surface area contributed by atoms with Gasteiger partial charge in [0, 0.05) is 105 Å². The van der Waals surface area contributed by atoms with E-state index in [2.05, 4.69) is 57.2 Å².